The Hall–Kier alpha value is -2.67. The number of fused-ring (bicyclic) bond motifs is 1. The molecule has 1 amide bonds. The van der Waals surface area contributed by atoms with E-state index >= 15 is 0 Å². The molecule has 3 heterocycles. The highest BCUT2D eigenvalue weighted by Crippen LogP contribution is 2.24. The zero-order valence-electron chi connectivity index (χ0n) is 18.4. The minimum absolute atomic E-state index is 0.103. The molecule has 0 bridgehead atoms. The van der Waals surface area contributed by atoms with Crippen molar-refractivity contribution in [3.63, 3.8) is 0 Å². The first-order valence-corrected chi connectivity index (χ1v) is 11.5. The largest absolute Gasteiger partial charge is 0.464 e. The van der Waals surface area contributed by atoms with Crippen LogP contribution in [-0.4, -0.2) is 68.3 Å². The lowest BCUT2D eigenvalue weighted by Crippen LogP contribution is -2.38. The summed E-state index contributed by atoms with van der Waals surface area (Å²) in [4.78, 5) is 17.9. The number of rotatable bonds is 5. The van der Waals surface area contributed by atoms with Crippen molar-refractivity contribution in [3.8, 4) is 0 Å². The van der Waals surface area contributed by atoms with E-state index in [1.165, 1.54) is 5.56 Å². The van der Waals surface area contributed by atoms with E-state index in [-0.39, 0.29) is 11.8 Å². The normalized spacial score (nSPS) is 20.4. The van der Waals surface area contributed by atoms with Gasteiger partial charge >= 0.3 is 0 Å². The number of benzene rings is 2. The Kier molecular flexibility index (Phi) is 6.53. The topological polar surface area (TPSA) is 55.2 Å². The number of amides is 1. The van der Waals surface area contributed by atoms with Gasteiger partial charge in [-0.2, -0.15) is 0 Å². The van der Waals surface area contributed by atoms with Crippen LogP contribution in [0.2, 0.25) is 0 Å². The average Bonchev–Trinajstić information content (AvgIpc) is 3.20. The zero-order valence-corrected chi connectivity index (χ0v) is 18.4. The van der Waals surface area contributed by atoms with Crippen molar-refractivity contribution >= 4 is 16.9 Å². The van der Waals surface area contributed by atoms with Gasteiger partial charge in [0.1, 0.15) is 5.58 Å². The maximum Gasteiger partial charge on any atom is 0.254 e. The molecule has 2 aliphatic rings. The Morgan fingerprint density at radius 3 is 2.62 bits per heavy atom. The van der Waals surface area contributed by atoms with E-state index in [9.17, 15) is 4.79 Å². The summed E-state index contributed by atoms with van der Waals surface area (Å²) in [5, 5.41) is 1.14. The highest BCUT2D eigenvalue weighted by molar-refractivity contribution is 5.95. The maximum absolute atomic E-state index is 13.6. The van der Waals surface area contributed by atoms with Crippen LogP contribution in [-0.2, 0) is 22.4 Å². The van der Waals surface area contributed by atoms with Crippen molar-refractivity contribution in [3.05, 3.63) is 71.5 Å². The van der Waals surface area contributed by atoms with E-state index in [1.807, 2.05) is 41.3 Å². The molecular formula is C26H30N2O4. The van der Waals surface area contributed by atoms with Crippen LogP contribution < -0.4 is 0 Å². The lowest BCUT2D eigenvalue weighted by molar-refractivity contribution is 0.0339. The molecule has 0 spiro atoms. The Balaban J connectivity index is 1.32. The SMILES string of the molecule is O=C(c1ccccc1CN1CCOCC1)N1CCOCC(Cc2cccc3occc23)C1. The molecule has 168 valence electrons. The van der Waals surface area contributed by atoms with Crippen LogP contribution in [0, 0.1) is 5.92 Å². The predicted octanol–water partition coefficient (Wildman–Crippen LogP) is 3.60. The molecule has 2 saturated heterocycles. The lowest BCUT2D eigenvalue weighted by atomic mass is 9.96. The van der Waals surface area contributed by atoms with Crippen molar-refractivity contribution in [2.75, 3.05) is 52.6 Å². The number of hydrogen-bond donors (Lipinski definition) is 0. The third-order valence-corrected chi connectivity index (χ3v) is 6.47. The summed E-state index contributed by atoms with van der Waals surface area (Å²) in [5.41, 5.74) is 4.04. The number of ether oxygens (including phenoxy) is 2. The number of furan rings is 1. The van der Waals surface area contributed by atoms with E-state index in [0.29, 0.717) is 26.3 Å². The van der Waals surface area contributed by atoms with E-state index in [4.69, 9.17) is 13.9 Å². The standard InChI is InChI=1S/C26H30N2O4/c29-26(24-6-2-1-4-22(24)18-27-9-13-30-14-10-27)28-11-15-31-19-20(17-28)16-21-5-3-7-25-23(21)8-12-32-25/h1-8,12,20H,9-11,13-19H2. The predicted molar refractivity (Wildman–Crippen MR) is 123 cm³/mol. The zero-order chi connectivity index (χ0) is 21.8. The highest BCUT2D eigenvalue weighted by Gasteiger charge is 2.26. The maximum atomic E-state index is 13.6. The molecule has 6 nitrogen and oxygen atoms in total. The smallest absolute Gasteiger partial charge is 0.254 e. The van der Waals surface area contributed by atoms with E-state index in [1.54, 1.807) is 6.26 Å². The van der Waals surface area contributed by atoms with Gasteiger partial charge in [-0.25, -0.2) is 0 Å². The van der Waals surface area contributed by atoms with Gasteiger partial charge in [-0.3, -0.25) is 9.69 Å². The first kappa shape index (κ1) is 21.2. The fourth-order valence-electron chi connectivity index (χ4n) is 4.77. The molecule has 0 saturated carbocycles. The first-order chi connectivity index (χ1) is 15.8. The lowest BCUT2D eigenvalue weighted by Gasteiger charge is -2.28. The van der Waals surface area contributed by atoms with Crippen molar-refractivity contribution in [2.24, 2.45) is 5.92 Å². The third-order valence-electron chi connectivity index (χ3n) is 6.47. The molecule has 6 heteroatoms. The molecule has 32 heavy (non-hydrogen) atoms. The number of carbonyl (C=O) groups is 1. The minimum Gasteiger partial charge on any atom is -0.464 e. The Bertz CT molecular complexity index is 1060. The second-order valence-electron chi connectivity index (χ2n) is 8.69. The summed E-state index contributed by atoms with van der Waals surface area (Å²) in [6.07, 6.45) is 2.59. The second-order valence-corrected chi connectivity index (χ2v) is 8.69. The number of hydrogen-bond acceptors (Lipinski definition) is 5. The van der Waals surface area contributed by atoms with Crippen molar-refractivity contribution in [1.29, 1.82) is 0 Å². The average molecular weight is 435 g/mol. The van der Waals surface area contributed by atoms with Gasteiger partial charge in [0.2, 0.25) is 0 Å². The summed E-state index contributed by atoms with van der Waals surface area (Å²) in [5.74, 6) is 0.347. The van der Waals surface area contributed by atoms with Crippen molar-refractivity contribution < 1.29 is 18.7 Å². The molecule has 2 aromatic carbocycles. The first-order valence-electron chi connectivity index (χ1n) is 11.5. The molecule has 1 atom stereocenters. The fraction of sp³-hybridized carbons (Fsp3) is 0.423. The van der Waals surface area contributed by atoms with Gasteiger partial charge in [-0.05, 0) is 35.7 Å². The van der Waals surface area contributed by atoms with Crippen molar-refractivity contribution in [2.45, 2.75) is 13.0 Å². The molecule has 0 radical (unpaired) electrons. The molecular weight excluding hydrogens is 404 g/mol. The molecule has 1 aromatic heterocycles. The van der Waals surface area contributed by atoms with Crippen molar-refractivity contribution in [1.82, 2.24) is 9.80 Å². The van der Waals surface area contributed by atoms with Crippen LogP contribution in [0.4, 0.5) is 0 Å². The molecule has 0 N–H and O–H groups in total. The van der Waals surface area contributed by atoms with Gasteiger partial charge in [0.05, 0.1) is 32.7 Å². The minimum atomic E-state index is 0.103. The molecule has 1 unspecified atom stereocenters. The van der Waals surface area contributed by atoms with Crippen LogP contribution in [0.3, 0.4) is 0 Å². The quantitative estimate of drug-likeness (QED) is 0.614. The van der Waals surface area contributed by atoms with Crippen LogP contribution in [0.1, 0.15) is 21.5 Å². The van der Waals surface area contributed by atoms with Gasteiger partial charge in [0.25, 0.3) is 5.91 Å². The summed E-state index contributed by atoms with van der Waals surface area (Å²) in [7, 11) is 0. The number of morpholine rings is 1. The Morgan fingerprint density at radius 2 is 1.72 bits per heavy atom. The summed E-state index contributed by atoms with van der Waals surface area (Å²) in [6, 6.07) is 16.2. The molecule has 3 aromatic rings. The Labute approximate surface area is 188 Å². The van der Waals surface area contributed by atoms with Crippen LogP contribution in [0.25, 0.3) is 11.0 Å². The summed E-state index contributed by atoms with van der Waals surface area (Å²) >= 11 is 0. The van der Waals surface area contributed by atoms with E-state index in [2.05, 4.69) is 17.0 Å². The monoisotopic (exact) mass is 434 g/mol. The molecule has 0 aliphatic carbocycles. The highest BCUT2D eigenvalue weighted by atomic mass is 16.5. The van der Waals surface area contributed by atoms with E-state index < -0.39 is 0 Å². The molecule has 2 aliphatic heterocycles. The van der Waals surface area contributed by atoms with Crippen LogP contribution >= 0.6 is 0 Å². The van der Waals surface area contributed by atoms with Gasteiger partial charge < -0.3 is 18.8 Å². The van der Waals surface area contributed by atoms with E-state index in [0.717, 1.165) is 61.4 Å². The summed E-state index contributed by atoms with van der Waals surface area (Å²) in [6.45, 7) is 6.65. The molecule has 5 rings (SSSR count). The Morgan fingerprint density at radius 1 is 0.906 bits per heavy atom. The van der Waals surface area contributed by atoms with Crippen LogP contribution in [0.15, 0.2) is 59.2 Å². The number of carbonyl (C=O) groups excluding carboxylic acids is 1. The van der Waals surface area contributed by atoms with Crippen LogP contribution in [0.5, 0.6) is 0 Å². The van der Waals surface area contributed by atoms with Gasteiger partial charge in [-0.1, -0.05) is 30.3 Å². The van der Waals surface area contributed by atoms with Gasteiger partial charge in [-0.15, -0.1) is 0 Å². The third kappa shape index (κ3) is 4.72. The fourth-order valence-corrected chi connectivity index (χ4v) is 4.77. The summed E-state index contributed by atoms with van der Waals surface area (Å²) < 4.78 is 16.9. The van der Waals surface area contributed by atoms with Gasteiger partial charge in [0.15, 0.2) is 0 Å². The molecule has 2 fully saturated rings. The van der Waals surface area contributed by atoms with Gasteiger partial charge in [0, 0.05) is 49.6 Å². The second kappa shape index (κ2) is 9.86. The number of nitrogens with zero attached hydrogens (tertiary/aromatic N) is 2.